The normalized spacial score (nSPS) is 20.3. The van der Waals surface area contributed by atoms with Crippen LogP contribution in [0.15, 0.2) is 66.7 Å². The third kappa shape index (κ3) is 15.5. The number of hydrogen-bond donors (Lipinski definition) is 9. The number of halogens is 1. The van der Waals surface area contributed by atoms with E-state index in [-0.39, 0.29) is 99.8 Å². The van der Waals surface area contributed by atoms with Gasteiger partial charge in [-0.05, 0) is 104 Å². The summed E-state index contributed by atoms with van der Waals surface area (Å²) in [5.74, 6) is -2.20. The van der Waals surface area contributed by atoms with Gasteiger partial charge in [-0.3, -0.25) is 42.9 Å². The maximum Gasteiger partial charge on any atom is 0.396 e. The molecule has 24 heteroatoms. The Morgan fingerprint density at radius 3 is 2.37 bits per heavy atom. The Hall–Kier alpha value is -7.48. The van der Waals surface area contributed by atoms with Crippen molar-refractivity contribution in [2.75, 3.05) is 32.8 Å². The van der Waals surface area contributed by atoms with Crippen molar-refractivity contribution in [3.8, 4) is 18.1 Å². The van der Waals surface area contributed by atoms with Crippen LogP contribution in [0.25, 0.3) is 10.9 Å². The number of hydrogen-bond acceptors (Lipinski definition) is 12. The zero-order valence-electron chi connectivity index (χ0n) is 45.7. The standard InChI is InChI=1S/C57H71FN9O13P/c1-6-33-14-16-34(17-15-33)29-60-52(72)45-28-40(68)30-66(45)55(75)50(57(3,4)5)64-48(70)13-9-11-35-10-8-12-46(49(35)58)80-32-38(19-23-47(59)69)61-53(73)44-22-20-39-24-25-65(7-2)31-43(54(74)67(39)44)63-51(71)42-27-37-26-36(18-21-41(37)62-42)56(76)81(77,78)79/h1,8,10,12,14-18,21,26-27,38-40,43-45,50,62,68H,7,9,11,13,19-20,22-25,28-32H2,2-5H3,(H2,59,69)(H,60,72)(H,61,73)(H,63,71)(H,64,70)(H2,77,78,79)/t38-,39+,40+,43-,44-,45-,50+/m0/s1. The summed E-state index contributed by atoms with van der Waals surface area (Å²) in [5, 5.41) is 22.3. The molecule has 22 nitrogen and oxygen atoms in total. The maximum atomic E-state index is 16.1. The van der Waals surface area contributed by atoms with Crippen molar-refractivity contribution in [1.82, 2.24) is 41.0 Å². The Morgan fingerprint density at radius 1 is 0.951 bits per heavy atom. The molecule has 81 heavy (non-hydrogen) atoms. The van der Waals surface area contributed by atoms with Gasteiger partial charge in [0.25, 0.3) is 11.4 Å². The maximum absolute atomic E-state index is 16.1. The van der Waals surface area contributed by atoms with E-state index in [4.69, 9.17) is 16.9 Å². The molecule has 3 saturated heterocycles. The summed E-state index contributed by atoms with van der Waals surface area (Å²) in [4.78, 5) is 134. The minimum Gasteiger partial charge on any atom is -0.488 e. The van der Waals surface area contributed by atoms with Gasteiger partial charge in [0.2, 0.25) is 35.4 Å². The van der Waals surface area contributed by atoms with Crippen molar-refractivity contribution in [3.63, 3.8) is 0 Å². The molecule has 3 fully saturated rings. The highest BCUT2D eigenvalue weighted by atomic mass is 31.2. The number of ether oxygens (including phenoxy) is 1. The highest BCUT2D eigenvalue weighted by molar-refractivity contribution is 7.70. The lowest BCUT2D eigenvalue weighted by Crippen LogP contribution is -2.61. The minimum atomic E-state index is -5.07. The summed E-state index contributed by atoms with van der Waals surface area (Å²) in [6, 6.07) is 11.4. The Labute approximate surface area is 468 Å². The van der Waals surface area contributed by atoms with Crippen LogP contribution in [-0.4, -0.2) is 157 Å². The van der Waals surface area contributed by atoms with E-state index < -0.39 is 102 Å². The first kappa shape index (κ1) is 61.1. The average Bonchev–Trinajstić information content (AvgIpc) is 4.18. The van der Waals surface area contributed by atoms with E-state index in [1.807, 2.05) is 11.8 Å². The summed E-state index contributed by atoms with van der Waals surface area (Å²) in [7, 11) is -5.07. The molecule has 0 spiro atoms. The number of carbonyl (C=O) groups excluding carboxylic acids is 8. The van der Waals surface area contributed by atoms with Crippen LogP contribution in [0.2, 0.25) is 0 Å². The number of likely N-dealkylation sites (tertiary alicyclic amines) is 1. The van der Waals surface area contributed by atoms with Gasteiger partial charge in [0.15, 0.2) is 11.6 Å². The van der Waals surface area contributed by atoms with Crippen LogP contribution in [0.3, 0.4) is 0 Å². The van der Waals surface area contributed by atoms with Gasteiger partial charge in [0.1, 0.15) is 36.5 Å². The minimum absolute atomic E-state index is 0.0125. The number of terminal acetylenes is 1. The van der Waals surface area contributed by atoms with Crippen LogP contribution < -0.4 is 31.7 Å². The van der Waals surface area contributed by atoms with E-state index >= 15 is 4.39 Å². The SMILES string of the molecule is C#Cc1ccc(CNC(=O)[C@@H]2C[C@@H](O)CN2C(=O)[C@@H](NC(=O)CCCc2cccc(OC[C@H](CCC(N)=O)NC(=O)[C@@H]3CC[C@@H]4CCN(CC)C[C@H](NC(=O)c5cc6cc(C(=O)P(=O)(O)O)ccc6[nH]5)C(=O)N43)c2F)C(C)(C)C)cc1. The molecule has 10 N–H and O–H groups in total. The zero-order chi connectivity index (χ0) is 58.9. The number of nitrogens with two attached hydrogens (primary N) is 1. The van der Waals surface area contributed by atoms with E-state index in [9.17, 15) is 57.8 Å². The van der Waals surface area contributed by atoms with E-state index in [2.05, 4.69) is 32.2 Å². The number of fused-ring (bicyclic) bond motifs is 2. The molecule has 0 bridgehead atoms. The Bertz CT molecular complexity index is 3120. The molecule has 3 aliphatic rings. The monoisotopic (exact) mass is 1140 g/mol. The number of likely N-dealkylation sites (N-methyl/N-ethyl adjacent to an activating group) is 1. The Morgan fingerprint density at radius 2 is 1.69 bits per heavy atom. The third-order valence-electron chi connectivity index (χ3n) is 15.0. The predicted molar refractivity (Wildman–Crippen MR) is 295 cm³/mol. The van der Waals surface area contributed by atoms with Crippen LogP contribution in [0.1, 0.15) is 117 Å². The van der Waals surface area contributed by atoms with Crippen LogP contribution in [-0.2, 0) is 46.3 Å². The van der Waals surface area contributed by atoms with E-state index in [0.29, 0.717) is 42.4 Å². The number of β-amino-alcohol motifs (C(OH)–C–C–N with tert-alkyl or cyclic N) is 1. The number of benzene rings is 3. The second kappa shape index (κ2) is 26.4. The number of amides is 7. The number of primary amides is 1. The van der Waals surface area contributed by atoms with Gasteiger partial charge in [-0.15, -0.1) is 6.42 Å². The number of aromatic nitrogens is 1. The molecule has 3 aromatic carbocycles. The highest BCUT2D eigenvalue weighted by Crippen LogP contribution is 2.39. The zero-order valence-corrected chi connectivity index (χ0v) is 46.6. The van der Waals surface area contributed by atoms with Gasteiger partial charge in [-0.25, -0.2) is 4.39 Å². The number of nitrogens with one attached hydrogen (secondary N) is 5. The van der Waals surface area contributed by atoms with Crippen molar-refractivity contribution >= 4 is 65.4 Å². The van der Waals surface area contributed by atoms with Crippen LogP contribution in [0.5, 0.6) is 5.75 Å². The molecule has 4 heterocycles. The van der Waals surface area contributed by atoms with Crippen molar-refractivity contribution in [3.05, 3.63) is 100 Å². The first-order chi connectivity index (χ1) is 38.3. The van der Waals surface area contributed by atoms with Crippen molar-refractivity contribution < 1.29 is 66.9 Å². The molecular formula is C57H71FN9O13P. The number of carbonyl (C=O) groups is 8. The van der Waals surface area contributed by atoms with E-state index in [1.165, 1.54) is 46.2 Å². The molecule has 434 valence electrons. The molecule has 1 aromatic heterocycles. The quantitative estimate of drug-likeness (QED) is 0.0404. The summed E-state index contributed by atoms with van der Waals surface area (Å²) in [5.41, 5.74) is 5.18. The lowest BCUT2D eigenvalue weighted by Gasteiger charge is -2.38. The van der Waals surface area contributed by atoms with Gasteiger partial charge in [0, 0.05) is 73.5 Å². The second-order valence-electron chi connectivity index (χ2n) is 22.0. The van der Waals surface area contributed by atoms with Crippen molar-refractivity contribution in [1.29, 1.82) is 0 Å². The fraction of sp³-hybridized carbons (Fsp3) is 0.474. The number of rotatable bonds is 22. The van der Waals surface area contributed by atoms with Gasteiger partial charge in [0.05, 0.1) is 12.1 Å². The molecule has 7 atom stereocenters. The smallest absolute Gasteiger partial charge is 0.396 e. The summed E-state index contributed by atoms with van der Waals surface area (Å²) in [6.07, 6.45) is 5.83. The molecule has 7 rings (SSSR count). The molecule has 0 unspecified atom stereocenters. The number of aromatic amines is 1. The topological polar surface area (TPSA) is 323 Å². The van der Waals surface area contributed by atoms with Crippen molar-refractivity contribution in [2.45, 2.75) is 134 Å². The van der Waals surface area contributed by atoms with Gasteiger partial charge >= 0.3 is 7.60 Å². The lowest BCUT2D eigenvalue weighted by atomic mass is 9.85. The Kier molecular flexibility index (Phi) is 19.9. The number of aliphatic hydroxyl groups excluding tert-OH is 1. The largest absolute Gasteiger partial charge is 0.488 e. The Balaban J connectivity index is 0.955. The summed E-state index contributed by atoms with van der Waals surface area (Å²) in [6.45, 7) is 8.24. The van der Waals surface area contributed by atoms with Gasteiger partial charge in [-0.2, -0.15) is 0 Å². The molecule has 0 saturated carbocycles. The number of aryl methyl sites for hydroxylation is 1. The van der Waals surface area contributed by atoms with Crippen molar-refractivity contribution in [2.24, 2.45) is 11.1 Å². The van der Waals surface area contributed by atoms with Crippen LogP contribution in [0, 0.1) is 23.6 Å². The van der Waals surface area contributed by atoms with Crippen LogP contribution >= 0.6 is 7.60 Å². The van der Waals surface area contributed by atoms with E-state index in [0.717, 1.165) is 5.56 Å². The number of H-pyrrole nitrogens is 1. The average molecular weight is 1140 g/mol. The fourth-order valence-electron chi connectivity index (χ4n) is 10.6. The molecule has 7 amide bonds. The second-order valence-corrected chi connectivity index (χ2v) is 23.5. The number of nitrogens with zero attached hydrogens (tertiary/aromatic N) is 3. The number of aliphatic hydroxyl groups is 1. The highest BCUT2D eigenvalue weighted by Gasteiger charge is 2.47. The van der Waals surface area contributed by atoms with Gasteiger partial charge < -0.3 is 66.3 Å². The molecule has 0 aliphatic carbocycles. The molecular weight excluding hydrogens is 1070 g/mol. The van der Waals surface area contributed by atoms with E-state index in [1.54, 1.807) is 51.1 Å². The molecule has 4 aromatic rings. The lowest BCUT2D eigenvalue weighted by molar-refractivity contribution is -0.144. The first-order valence-corrected chi connectivity index (χ1v) is 28.6. The molecule has 0 radical (unpaired) electrons. The van der Waals surface area contributed by atoms with Gasteiger partial charge in [-0.1, -0.05) is 57.9 Å². The fourth-order valence-corrected chi connectivity index (χ4v) is 11.0. The summed E-state index contributed by atoms with van der Waals surface area (Å²) < 4.78 is 33.7. The predicted octanol–water partition coefficient (Wildman–Crippen LogP) is 2.75. The van der Waals surface area contributed by atoms with Crippen LogP contribution in [0.4, 0.5) is 4.39 Å². The summed E-state index contributed by atoms with van der Waals surface area (Å²) >= 11 is 0. The third-order valence-corrected chi connectivity index (χ3v) is 15.8. The molecule has 3 aliphatic heterocycles. The first-order valence-electron chi connectivity index (χ1n) is 27.0.